The number of carbonyl (C=O) groups is 1. The van der Waals surface area contributed by atoms with Gasteiger partial charge in [0, 0.05) is 18.2 Å². The Bertz CT molecular complexity index is 1420. The van der Waals surface area contributed by atoms with Gasteiger partial charge in [-0.25, -0.2) is 9.36 Å². The summed E-state index contributed by atoms with van der Waals surface area (Å²) in [6.07, 6.45) is 0. The van der Waals surface area contributed by atoms with Gasteiger partial charge in [-0.1, -0.05) is 17.7 Å². The van der Waals surface area contributed by atoms with Gasteiger partial charge in [0.2, 0.25) is 5.91 Å². The number of benzene rings is 2. The van der Waals surface area contributed by atoms with Crippen molar-refractivity contribution < 1.29 is 14.3 Å². The predicted molar refractivity (Wildman–Crippen MR) is 129 cm³/mol. The third kappa shape index (κ3) is 4.36. The normalized spacial score (nSPS) is 11.0. The van der Waals surface area contributed by atoms with Crippen molar-refractivity contribution in [1.29, 1.82) is 0 Å². The van der Waals surface area contributed by atoms with Crippen LogP contribution in [0.5, 0.6) is 11.5 Å². The summed E-state index contributed by atoms with van der Waals surface area (Å²) in [6, 6.07) is 13.3. The highest BCUT2D eigenvalue weighted by Gasteiger charge is 2.18. The van der Waals surface area contributed by atoms with Crippen LogP contribution in [0.4, 0.5) is 0 Å². The van der Waals surface area contributed by atoms with Gasteiger partial charge in [-0.15, -0.1) is 0 Å². The Morgan fingerprint density at radius 1 is 1.00 bits per heavy atom. The number of hydrogen-bond acceptors (Lipinski definition) is 6. The van der Waals surface area contributed by atoms with Gasteiger partial charge in [0.05, 0.1) is 36.7 Å². The van der Waals surface area contributed by atoms with Crippen LogP contribution in [0.1, 0.15) is 22.5 Å². The van der Waals surface area contributed by atoms with Crippen molar-refractivity contribution in [3.8, 4) is 17.2 Å². The Morgan fingerprint density at radius 3 is 2.41 bits per heavy atom. The van der Waals surface area contributed by atoms with E-state index in [1.165, 1.54) is 0 Å². The van der Waals surface area contributed by atoms with Crippen molar-refractivity contribution in [2.75, 3.05) is 14.2 Å². The summed E-state index contributed by atoms with van der Waals surface area (Å²) in [7, 11) is 3.13. The maximum absolute atomic E-state index is 13.1. The van der Waals surface area contributed by atoms with E-state index in [1.54, 1.807) is 31.0 Å². The van der Waals surface area contributed by atoms with E-state index in [4.69, 9.17) is 9.47 Å². The number of ether oxygens (including phenoxy) is 2. The molecule has 0 saturated heterocycles. The van der Waals surface area contributed by atoms with Gasteiger partial charge >= 0.3 is 0 Å². The molecule has 0 radical (unpaired) electrons. The van der Waals surface area contributed by atoms with Gasteiger partial charge in [0.25, 0.3) is 5.56 Å². The first-order valence-corrected chi connectivity index (χ1v) is 10.8. The summed E-state index contributed by atoms with van der Waals surface area (Å²) < 4.78 is 13.5. The SMILES string of the molecule is COc1ccc(CNC(=O)Cn2nc(C)c3c(C)n(-c4ccc(C)cc4)nc3c2=O)c(OC)c1. The summed E-state index contributed by atoms with van der Waals surface area (Å²) in [5.74, 6) is 0.914. The fourth-order valence-electron chi connectivity index (χ4n) is 3.91. The number of nitrogens with one attached hydrogen (secondary N) is 1. The summed E-state index contributed by atoms with van der Waals surface area (Å²) in [5.41, 5.74) is 4.12. The van der Waals surface area contributed by atoms with Gasteiger partial charge in [-0.05, 0) is 45.0 Å². The number of methoxy groups -OCH3 is 2. The van der Waals surface area contributed by atoms with Crippen molar-refractivity contribution in [3.05, 3.63) is 75.3 Å². The van der Waals surface area contributed by atoms with E-state index in [9.17, 15) is 9.59 Å². The van der Waals surface area contributed by atoms with Crippen molar-refractivity contribution in [1.82, 2.24) is 24.9 Å². The molecule has 2 aromatic heterocycles. The van der Waals surface area contributed by atoms with Crippen LogP contribution in [0, 0.1) is 20.8 Å². The molecule has 4 aromatic rings. The molecule has 0 aliphatic rings. The molecule has 0 fully saturated rings. The average Bonchev–Trinajstić information content (AvgIpc) is 3.19. The number of carbonyl (C=O) groups excluding carboxylic acids is 1. The second kappa shape index (κ2) is 9.38. The second-order valence-electron chi connectivity index (χ2n) is 8.06. The molecular formula is C25H27N5O4. The van der Waals surface area contributed by atoms with Crippen molar-refractivity contribution in [2.24, 2.45) is 0 Å². The zero-order valence-electron chi connectivity index (χ0n) is 19.9. The second-order valence-corrected chi connectivity index (χ2v) is 8.06. The fraction of sp³-hybridized carbons (Fsp3) is 0.280. The van der Waals surface area contributed by atoms with Gasteiger partial charge in [0.1, 0.15) is 18.0 Å². The maximum atomic E-state index is 13.1. The summed E-state index contributed by atoms with van der Waals surface area (Å²) in [6.45, 7) is 5.75. The molecule has 34 heavy (non-hydrogen) atoms. The predicted octanol–water partition coefficient (Wildman–Crippen LogP) is 2.84. The number of aromatic nitrogens is 4. The molecule has 176 valence electrons. The van der Waals surface area contributed by atoms with E-state index in [0.29, 0.717) is 22.6 Å². The Hall–Kier alpha value is -4.14. The van der Waals surface area contributed by atoms with Crippen LogP contribution < -0.4 is 20.3 Å². The van der Waals surface area contributed by atoms with Gasteiger partial charge in [-0.3, -0.25) is 9.59 Å². The largest absolute Gasteiger partial charge is 0.497 e. The van der Waals surface area contributed by atoms with Gasteiger partial charge in [-0.2, -0.15) is 10.2 Å². The standard InChI is InChI=1S/C25H27N5O4/c1-15-6-9-19(10-7-15)30-17(3)23-16(2)27-29(25(32)24(23)28-30)14-22(31)26-13-18-8-11-20(33-4)12-21(18)34-5/h6-12H,13-14H2,1-5H3,(H,26,31). The van der Waals surface area contributed by atoms with Crippen LogP contribution in [-0.2, 0) is 17.9 Å². The molecule has 9 nitrogen and oxygen atoms in total. The molecule has 0 saturated carbocycles. The number of nitrogens with zero attached hydrogens (tertiary/aromatic N) is 4. The van der Waals surface area contributed by atoms with E-state index in [2.05, 4.69) is 15.5 Å². The van der Waals surface area contributed by atoms with Gasteiger partial charge < -0.3 is 14.8 Å². The van der Waals surface area contributed by atoms with Crippen LogP contribution >= 0.6 is 0 Å². The first-order chi connectivity index (χ1) is 16.3. The summed E-state index contributed by atoms with van der Waals surface area (Å²) >= 11 is 0. The van der Waals surface area contributed by atoms with E-state index in [0.717, 1.165) is 27.2 Å². The van der Waals surface area contributed by atoms with Crippen LogP contribution in [0.15, 0.2) is 47.3 Å². The number of rotatable bonds is 7. The summed E-state index contributed by atoms with van der Waals surface area (Å²) in [4.78, 5) is 25.8. The molecule has 4 rings (SSSR count). The van der Waals surface area contributed by atoms with Crippen LogP contribution in [0.2, 0.25) is 0 Å². The highest BCUT2D eigenvalue weighted by atomic mass is 16.5. The van der Waals surface area contributed by atoms with E-state index < -0.39 is 5.56 Å². The number of amides is 1. The number of fused-ring (bicyclic) bond motifs is 1. The molecule has 0 aliphatic heterocycles. The molecule has 0 atom stereocenters. The highest BCUT2D eigenvalue weighted by Crippen LogP contribution is 2.24. The molecule has 9 heteroatoms. The quantitative estimate of drug-likeness (QED) is 0.454. The van der Waals surface area contributed by atoms with E-state index in [1.807, 2.05) is 51.1 Å². The Morgan fingerprint density at radius 2 is 1.74 bits per heavy atom. The van der Waals surface area contributed by atoms with E-state index in [-0.39, 0.29) is 24.5 Å². The topological polar surface area (TPSA) is 100 Å². The molecular weight excluding hydrogens is 434 g/mol. The minimum absolute atomic E-state index is 0.218. The molecule has 0 aliphatic carbocycles. The third-order valence-electron chi connectivity index (χ3n) is 5.73. The lowest BCUT2D eigenvalue weighted by Crippen LogP contribution is -2.34. The highest BCUT2D eigenvalue weighted by molar-refractivity contribution is 5.84. The van der Waals surface area contributed by atoms with Crippen molar-refractivity contribution in [2.45, 2.75) is 33.9 Å². The third-order valence-corrected chi connectivity index (χ3v) is 5.73. The Labute approximate surface area is 196 Å². The van der Waals surface area contributed by atoms with Gasteiger partial charge in [0.15, 0.2) is 5.52 Å². The lowest BCUT2D eigenvalue weighted by atomic mass is 10.2. The van der Waals surface area contributed by atoms with E-state index >= 15 is 0 Å². The monoisotopic (exact) mass is 461 g/mol. The fourth-order valence-corrected chi connectivity index (χ4v) is 3.91. The van der Waals surface area contributed by atoms with Crippen LogP contribution in [0.3, 0.4) is 0 Å². The maximum Gasteiger partial charge on any atom is 0.295 e. The minimum atomic E-state index is -0.410. The lowest BCUT2D eigenvalue weighted by molar-refractivity contribution is -0.122. The first kappa shape index (κ1) is 23.0. The summed E-state index contributed by atoms with van der Waals surface area (Å²) in [5, 5.41) is 12.5. The van der Waals surface area contributed by atoms with Crippen molar-refractivity contribution >= 4 is 16.8 Å². The molecule has 1 amide bonds. The average molecular weight is 462 g/mol. The zero-order valence-corrected chi connectivity index (χ0v) is 19.9. The van der Waals surface area contributed by atoms with Crippen LogP contribution in [0.25, 0.3) is 16.6 Å². The van der Waals surface area contributed by atoms with Crippen LogP contribution in [-0.4, -0.2) is 39.7 Å². The molecule has 2 heterocycles. The Kier molecular flexibility index (Phi) is 6.36. The first-order valence-electron chi connectivity index (χ1n) is 10.8. The zero-order chi connectivity index (χ0) is 24.4. The molecule has 0 unspecified atom stereocenters. The smallest absolute Gasteiger partial charge is 0.295 e. The Balaban J connectivity index is 1.58. The number of hydrogen-bond donors (Lipinski definition) is 1. The molecule has 2 aromatic carbocycles. The number of aryl methyl sites for hydroxylation is 3. The molecule has 0 spiro atoms. The lowest BCUT2D eigenvalue weighted by Gasteiger charge is -2.12. The van der Waals surface area contributed by atoms with Crippen molar-refractivity contribution in [3.63, 3.8) is 0 Å². The molecule has 0 bridgehead atoms. The molecule has 1 N–H and O–H groups in total. The minimum Gasteiger partial charge on any atom is -0.497 e.